The van der Waals surface area contributed by atoms with Crippen molar-refractivity contribution in [1.29, 1.82) is 0 Å². The second-order valence-electron chi connectivity index (χ2n) is 4.03. The smallest absolute Gasteiger partial charge is 0.219 e. The normalized spacial score (nSPS) is 10.2. The fourth-order valence-corrected chi connectivity index (χ4v) is 2.36. The number of methoxy groups -OCH3 is 1. The summed E-state index contributed by atoms with van der Waals surface area (Å²) in [5, 5.41) is 0.129. The van der Waals surface area contributed by atoms with Gasteiger partial charge in [-0.1, -0.05) is 43.0 Å². The minimum absolute atomic E-state index is 0.129. The van der Waals surface area contributed by atoms with Gasteiger partial charge < -0.3 is 4.74 Å². The highest BCUT2D eigenvalue weighted by Gasteiger charge is 2.05. The van der Waals surface area contributed by atoms with Gasteiger partial charge in [-0.2, -0.15) is 0 Å². The maximum Gasteiger partial charge on any atom is 0.219 e. The van der Waals surface area contributed by atoms with Gasteiger partial charge in [-0.05, 0) is 41.1 Å². The van der Waals surface area contributed by atoms with E-state index in [1.54, 1.807) is 7.11 Å². The molecule has 0 spiro atoms. The molecule has 0 aliphatic carbocycles. The lowest BCUT2D eigenvalue weighted by atomic mass is 10.0. The summed E-state index contributed by atoms with van der Waals surface area (Å²) in [7, 11) is 1.65. The van der Waals surface area contributed by atoms with Crippen molar-refractivity contribution in [2.45, 2.75) is 6.92 Å². The van der Waals surface area contributed by atoms with E-state index in [1.165, 1.54) is 11.8 Å². The molecule has 0 aliphatic heterocycles. The highest BCUT2D eigenvalue weighted by atomic mass is 32.2. The molecule has 3 heteroatoms. The Morgan fingerprint density at radius 2 is 1.53 bits per heavy atom. The van der Waals surface area contributed by atoms with E-state index < -0.39 is 0 Å². The van der Waals surface area contributed by atoms with Crippen LogP contribution in [0.25, 0.3) is 11.1 Å². The van der Waals surface area contributed by atoms with E-state index in [9.17, 15) is 4.79 Å². The molecule has 0 radical (unpaired) electrons. The Kier molecular flexibility index (Phi) is 4.63. The van der Waals surface area contributed by atoms with Crippen LogP contribution in [0, 0.1) is 0 Å². The van der Waals surface area contributed by atoms with E-state index >= 15 is 0 Å². The van der Waals surface area contributed by atoms with Gasteiger partial charge in [-0.15, -0.1) is 0 Å². The molecule has 2 nitrogen and oxygen atoms in total. The van der Waals surface area contributed by atoms with E-state index in [4.69, 9.17) is 4.74 Å². The Bertz CT molecular complexity index is 544. The summed E-state index contributed by atoms with van der Waals surface area (Å²) >= 11 is 1.34. The first-order valence-electron chi connectivity index (χ1n) is 6.16. The van der Waals surface area contributed by atoms with Crippen molar-refractivity contribution in [3.63, 3.8) is 0 Å². The van der Waals surface area contributed by atoms with Crippen LogP contribution >= 0.6 is 11.8 Å². The predicted molar refractivity (Wildman–Crippen MR) is 80.9 cm³/mol. The first-order valence-corrected chi connectivity index (χ1v) is 7.14. The second kappa shape index (κ2) is 6.43. The zero-order chi connectivity index (χ0) is 13.7. The Hall–Kier alpha value is -1.74. The predicted octanol–water partition coefficient (Wildman–Crippen LogP) is 4.26. The molecule has 0 aliphatic rings. The average Bonchev–Trinajstić information content (AvgIpc) is 2.48. The summed E-state index contributed by atoms with van der Waals surface area (Å²) in [5.74, 6) is 1.65. The molecule has 0 aromatic heterocycles. The van der Waals surface area contributed by atoms with Crippen LogP contribution in [0.4, 0.5) is 0 Å². The van der Waals surface area contributed by atoms with Crippen molar-refractivity contribution in [1.82, 2.24) is 0 Å². The Morgan fingerprint density at radius 1 is 1.00 bits per heavy atom. The summed E-state index contributed by atoms with van der Waals surface area (Å²) in [6, 6.07) is 15.6. The van der Waals surface area contributed by atoms with Gasteiger partial charge in [0.2, 0.25) is 5.12 Å². The molecular weight excluding hydrogens is 256 g/mol. The minimum atomic E-state index is 0.129. The molecular formula is C16H16O2S. The lowest BCUT2D eigenvalue weighted by molar-refractivity contribution is 0.108. The van der Waals surface area contributed by atoms with Crippen molar-refractivity contribution in [2.24, 2.45) is 0 Å². The number of carbonyl (C=O) groups excluding carboxylic acids is 1. The zero-order valence-corrected chi connectivity index (χ0v) is 11.9. The molecule has 0 heterocycles. The molecule has 0 atom stereocenters. The van der Waals surface area contributed by atoms with Crippen molar-refractivity contribution >= 4 is 16.9 Å². The van der Waals surface area contributed by atoms with E-state index in [0.29, 0.717) is 0 Å². The molecule has 0 amide bonds. The molecule has 19 heavy (non-hydrogen) atoms. The van der Waals surface area contributed by atoms with Crippen LogP contribution in [0.5, 0.6) is 5.75 Å². The topological polar surface area (TPSA) is 26.3 Å². The molecule has 0 N–H and O–H groups in total. The third-order valence-electron chi connectivity index (χ3n) is 2.82. The van der Waals surface area contributed by atoms with Gasteiger partial charge in [0.1, 0.15) is 5.75 Å². The number of hydrogen-bond donors (Lipinski definition) is 0. The largest absolute Gasteiger partial charge is 0.497 e. The molecule has 2 aromatic carbocycles. The Balaban J connectivity index is 2.19. The van der Waals surface area contributed by atoms with Gasteiger partial charge in [-0.3, -0.25) is 4.79 Å². The Labute approximate surface area is 117 Å². The van der Waals surface area contributed by atoms with Gasteiger partial charge in [0, 0.05) is 5.56 Å². The number of thioether (sulfide) groups is 1. The molecule has 0 saturated heterocycles. The van der Waals surface area contributed by atoms with E-state index in [-0.39, 0.29) is 5.12 Å². The molecule has 2 aromatic rings. The summed E-state index contributed by atoms with van der Waals surface area (Å²) in [4.78, 5) is 11.7. The lowest BCUT2D eigenvalue weighted by Gasteiger charge is -2.05. The standard InChI is InChI=1S/C16H16O2S/c1-3-19-16(17)14-6-4-12(5-7-14)13-8-10-15(18-2)11-9-13/h4-11H,3H2,1-2H3. The molecule has 0 fully saturated rings. The Morgan fingerprint density at radius 3 is 2.00 bits per heavy atom. The van der Waals surface area contributed by atoms with Gasteiger partial charge >= 0.3 is 0 Å². The number of ether oxygens (including phenoxy) is 1. The highest BCUT2D eigenvalue weighted by Crippen LogP contribution is 2.23. The van der Waals surface area contributed by atoms with Gasteiger partial charge in [-0.25, -0.2) is 0 Å². The lowest BCUT2D eigenvalue weighted by Crippen LogP contribution is -1.93. The maximum atomic E-state index is 11.7. The quantitative estimate of drug-likeness (QED) is 0.832. The van der Waals surface area contributed by atoms with Crippen molar-refractivity contribution in [2.75, 3.05) is 12.9 Å². The highest BCUT2D eigenvalue weighted by molar-refractivity contribution is 8.14. The van der Waals surface area contributed by atoms with Gasteiger partial charge in [0.25, 0.3) is 0 Å². The summed E-state index contributed by atoms with van der Waals surface area (Å²) in [6.45, 7) is 1.98. The van der Waals surface area contributed by atoms with Crippen molar-refractivity contribution < 1.29 is 9.53 Å². The molecule has 98 valence electrons. The summed E-state index contributed by atoms with van der Waals surface area (Å²) in [6.07, 6.45) is 0. The van der Waals surface area contributed by atoms with Crippen molar-refractivity contribution in [3.05, 3.63) is 54.1 Å². The number of hydrogen-bond acceptors (Lipinski definition) is 3. The zero-order valence-electron chi connectivity index (χ0n) is 11.1. The summed E-state index contributed by atoms with van der Waals surface area (Å²) in [5.41, 5.74) is 2.97. The van der Waals surface area contributed by atoms with Crippen LogP contribution in [0.3, 0.4) is 0 Å². The van der Waals surface area contributed by atoms with Crippen LogP contribution in [0.1, 0.15) is 17.3 Å². The van der Waals surface area contributed by atoms with E-state index in [0.717, 1.165) is 28.2 Å². The molecule has 0 saturated carbocycles. The van der Waals surface area contributed by atoms with E-state index in [2.05, 4.69) is 0 Å². The monoisotopic (exact) mass is 272 g/mol. The second-order valence-corrected chi connectivity index (χ2v) is 5.26. The number of benzene rings is 2. The fraction of sp³-hybridized carbons (Fsp3) is 0.188. The minimum Gasteiger partial charge on any atom is -0.497 e. The molecule has 0 bridgehead atoms. The van der Waals surface area contributed by atoms with E-state index in [1.807, 2.05) is 55.5 Å². The summed E-state index contributed by atoms with van der Waals surface area (Å²) < 4.78 is 5.14. The maximum absolute atomic E-state index is 11.7. The van der Waals surface area contributed by atoms with Crippen LogP contribution in [0.2, 0.25) is 0 Å². The number of carbonyl (C=O) groups is 1. The SMILES string of the molecule is CCSC(=O)c1ccc(-c2ccc(OC)cc2)cc1. The van der Waals surface area contributed by atoms with Gasteiger partial charge in [0.05, 0.1) is 7.11 Å². The first kappa shape index (κ1) is 13.7. The third-order valence-corrected chi connectivity index (χ3v) is 3.61. The van der Waals surface area contributed by atoms with Crippen LogP contribution in [0.15, 0.2) is 48.5 Å². The average molecular weight is 272 g/mol. The molecule has 0 unspecified atom stereocenters. The van der Waals surface area contributed by atoms with Crippen LogP contribution in [-0.4, -0.2) is 18.0 Å². The number of rotatable bonds is 4. The third kappa shape index (κ3) is 3.38. The van der Waals surface area contributed by atoms with Crippen LogP contribution in [-0.2, 0) is 0 Å². The first-order chi connectivity index (χ1) is 9.24. The van der Waals surface area contributed by atoms with Crippen molar-refractivity contribution in [3.8, 4) is 16.9 Å². The molecule has 2 rings (SSSR count). The van der Waals surface area contributed by atoms with Crippen LogP contribution < -0.4 is 4.74 Å². The van der Waals surface area contributed by atoms with Gasteiger partial charge in [0.15, 0.2) is 0 Å². The fourth-order valence-electron chi connectivity index (χ4n) is 1.80.